The highest BCUT2D eigenvalue weighted by Gasteiger charge is 2.31. The van der Waals surface area contributed by atoms with Crippen molar-refractivity contribution < 1.29 is 18.0 Å². The molecular formula is C11H10Cl2F3NO. The van der Waals surface area contributed by atoms with Crippen LogP contribution in [0, 0.1) is 0 Å². The summed E-state index contributed by atoms with van der Waals surface area (Å²) < 4.78 is 37.5. The first-order valence-corrected chi connectivity index (χ1v) is 5.98. The Bertz CT molecular complexity index is 435. The van der Waals surface area contributed by atoms with Crippen LogP contribution in [0.2, 0.25) is 5.02 Å². The third-order valence-electron chi connectivity index (χ3n) is 2.05. The first-order chi connectivity index (χ1) is 8.32. The Morgan fingerprint density at radius 3 is 2.50 bits per heavy atom. The molecule has 0 unspecified atom stereocenters. The summed E-state index contributed by atoms with van der Waals surface area (Å²) in [5, 5.41) is 2.26. The van der Waals surface area contributed by atoms with E-state index in [1.54, 1.807) is 0 Å². The number of amides is 1. The lowest BCUT2D eigenvalue weighted by Gasteiger charge is -2.10. The number of nitrogens with one attached hydrogen (secondary N) is 1. The minimum atomic E-state index is -4.50. The molecule has 0 fully saturated rings. The molecule has 1 aromatic rings. The number of halogens is 5. The van der Waals surface area contributed by atoms with Crippen molar-refractivity contribution in [3.63, 3.8) is 0 Å². The molecule has 100 valence electrons. The molecule has 1 rings (SSSR count). The maximum absolute atomic E-state index is 12.5. The molecule has 0 spiro atoms. The Balaban J connectivity index is 2.84. The van der Waals surface area contributed by atoms with Gasteiger partial charge in [0, 0.05) is 23.0 Å². The van der Waals surface area contributed by atoms with Gasteiger partial charge in [-0.05, 0) is 24.6 Å². The molecule has 0 saturated heterocycles. The second kappa shape index (κ2) is 6.29. The first-order valence-electron chi connectivity index (χ1n) is 5.06. The lowest BCUT2D eigenvalue weighted by Crippen LogP contribution is -2.13. The topological polar surface area (TPSA) is 29.1 Å². The smallest absolute Gasteiger partial charge is 0.326 e. The minimum Gasteiger partial charge on any atom is -0.326 e. The van der Waals surface area contributed by atoms with Crippen LogP contribution < -0.4 is 5.32 Å². The highest BCUT2D eigenvalue weighted by atomic mass is 35.5. The predicted molar refractivity (Wildman–Crippen MR) is 65.0 cm³/mol. The van der Waals surface area contributed by atoms with Gasteiger partial charge in [0.15, 0.2) is 0 Å². The second-order valence-electron chi connectivity index (χ2n) is 3.57. The third-order valence-corrected chi connectivity index (χ3v) is 2.53. The highest BCUT2D eigenvalue weighted by molar-refractivity contribution is 6.31. The van der Waals surface area contributed by atoms with Gasteiger partial charge >= 0.3 is 6.18 Å². The van der Waals surface area contributed by atoms with E-state index >= 15 is 0 Å². The van der Waals surface area contributed by atoms with Crippen LogP contribution in [-0.2, 0) is 11.0 Å². The molecular weight excluding hydrogens is 290 g/mol. The summed E-state index contributed by atoms with van der Waals surface area (Å²) in [5.41, 5.74) is -0.878. The monoisotopic (exact) mass is 299 g/mol. The highest BCUT2D eigenvalue weighted by Crippen LogP contribution is 2.33. The molecule has 1 amide bonds. The Morgan fingerprint density at radius 2 is 1.94 bits per heavy atom. The Hall–Kier alpha value is -0.940. The van der Waals surface area contributed by atoms with E-state index in [1.165, 1.54) is 6.07 Å². The van der Waals surface area contributed by atoms with Gasteiger partial charge in [0.25, 0.3) is 0 Å². The predicted octanol–water partition coefficient (Wildman–Crippen LogP) is 4.32. The van der Waals surface area contributed by atoms with Crippen LogP contribution in [-0.4, -0.2) is 11.8 Å². The van der Waals surface area contributed by atoms with Gasteiger partial charge in [-0.2, -0.15) is 13.2 Å². The maximum atomic E-state index is 12.5. The Kier molecular flexibility index (Phi) is 5.28. The van der Waals surface area contributed by atoms with E-state index in [0.717, 1.165) is 12.1 Å². The van der Waals surface area contributed by atoms with Crippen molar-refractivity contribution in [2.45, 2.75) is 19.0 Å². The van der Waals surface area contributed by atoms with Crippen molar-refractivity contribution in [2.75, 3.05) is 11.2 Å². The van der Waals surface area contributed by atoms with Crippen molar-refractivity contribution in [2.24, 2.45) is 0 Å². The van der Waals surface area contributed by atoms with Gasteiger partial charge in [-0.1, -0.05) is 11.6 Å². The van der Waals surface area contributed by atoms with Gasteiger partial charge in [0.05, 0.1) is 5.56 Å². The summed E-state index contributed by atoms with van der Waals surface area (Å²) in [5.74, 6) is -0.0809. The number of hydrogen-bond acceptors (Lipinski definition) is 1. The molecule has 0 heterocycles. The third kappa shape index (κ3) is 4.74. The molecule has 0 aliphatic carbocycles. The zero-order chi connectivity index (χ0) is 13.8. The van der Waals surface area contributed by atoms with E-state index in [1.807, 2.05) is 0 Å². The van der Waals surface area contributed by atoms with Gasteiger partial charge in [0.1, 0.15) is 0 Å². The molecule has 0 radical (unpaired) electrons. The van der Waals surface area contributed by atoms with Crippen LogP contribution in [0.4, 0.5) is 18.9 Å². The molecule has 0 aliphatic heterocycles. The van der Waals surface area contributed by atoms with Gasteiger partial charge in [-0.15, -0.1) is 11.6 Å². The van der Waals surface area contributed by atoms with Gasteiger partial charge in [-0.25, -0.2) is 0 Å². The van der Waals surface area contributed by atoms with Crippen LogP contribution in [0.1, 0.15) is 18.4 Å². The van der Waals surface area contributed by atoms with E-state index in [0.29, 0.717) is 12.3 Å². The van der Waals surface area contributed by atoms with Crippen LogP contribution in [0.3, 0.4) is 0 Å². The molecule has 0 bridgehead atoms. The van der Waals surface area contributed by atoms with Crippen molar-refractivity contribution in [1.82, 2.24) is 0 Å². The molecule has 2 nitrogen and oxygen atoms in total. The number of carbonyl (C=O) groups is 1. The average Bonchev–Trinajstić information content (AvgIpc) is 2.24. The molecule has 1 N–H and O–H groups in total. The summed E-state index contributed by atoms with van der Waals surface area (Å²) in [7, 11) is 0. The lowest BCUT2D eigenvalue weighted by atomic mass is 10.2. The molecule has 0 aliphatic rings. The molecule has 0 aromatic heterocycles. The summed E-state index contributed by atoms with van der Waals surface area (Å²) in [6, 6.07) is 2.90. The SMILES string of the molecule is O=C(CCCCl)Nc1cc(Cl)cc(C(F)(F)F)c1. The van der Waals surface area contributed by atoms with E-state index in [4.69, 9.17) is 23.2 Å². The normalized spacial score (nSPS) is 11.4. The van der Waals surface area contributed by atoms with Crippen LogP contribution >= 0.6 is 23.2 Å². The number of benzene rings is 1. The summed E-state index contributed by atoms with van der Waals surface area (Å²) in [6.45, 7) is 0. The number of anilines is 1. The van der Waals surface area contributed by atoms with Crippen molar-refractivity contribution in [3.8, 4) is 0 Å². The molecule has 18 heavy (non-hydrogen) atoms. The molecule has 0 atom stereocenters. The van der Waals surface area contributed by atoms with E-state index < -0.39 is 17.6 Å². The Morgan fingerprint density at radius 1 is 1.28 bits per heavy atom. The van der Waals surface area contributed by atoms with Crippen molar-refractivity contribution in [1.29, 1.82) is 0 Å². The van der Waals surface area contributed by atoms with E-state index in [-0.39, 0.29) is 17.1 Å². The largest absolute Gasteiger partial charge is 0.416 e. The van der Waals surface area contributed by atoms with Gasteiger partial charge in [-0.3, -0.25) is 4.79 Å². The molecule has 0 saturated carbocycles. The number of alkyl halides is 4. The van der Waals surface area contributed by atoms with Crippen LogP contribution in [0.25, 0.3) is 0 Å². The maximum Gasteiger partial charge on any atom is 0.416 e. The van der Waals surface area contributed by atoms with E-state index in [2.05, 4.69) is 5.32 Å². The van der Waals surface area contributed by atoms with Gasteiger partial charge < -0.3 is 5.32 Å². The fourth-order valence-electron chi connectivity index (χ4n) is 1.28. The molecule has 1 aromatic carbocycles. The molecule has 7 heteroatoms. The lowest BCUT2D eigenvalue weighted by molar-refractivity contribution is -0.137. The summed E-state index contributed by atoms with van der Waals surface area (Å²) in [4.78, 5) is 11.3. The fraction of sp³-hybridized carbons (Fsp3) is 0.364. The van der Waals surface area contributed by atoms with Crippen molar-refractivity contribution >= 4 is 34.8 Å². The van der Waals surface area contributed by atoms with Crippen molar-refractivity contribution in [3.05, 3.63) is 28.8 Å². The fourth-order valence-corrected chi connectivity index (χ4v) is 1.65. The zero-order valence-electron chi connectivity index (χ0n) is 9.15. The number of carbonyl (C=O) groups excluding carboxylic acids is 1. The second-order valence-corrected chi connectivity index (χ2v) is 4.38. The van der Waals surface area contributed by atoms with Gasteiger partial charge in [0.2, 0.25) is 5.91 Å². The first kappa shape index (κ1) is 15.1. The Labute approximate surface area is 112 Å². The van der Waals surface area contributed by atoms with Crippen LogP contribution in [0.15, 0.2) is 18.2 Å². The summed E-state index contributed by atoms with van der Waals surface area (Å²) >= 11 is 11.0. The number of rotatable bonds is 4. The summed E-state index contributed by atoms with van der Waals surface area (Å²) in [6.07, 6.45) is -3.89. The number of hydrogen-bond donors (Lipinski definition) is 1. The van der Waals surface area contributed by atoms with E-state index in [9.17, 15) is 18.0 Å². The average molecular weight is 300 g/mol. The minimum absolute atomic E-state index is 0.0226. The quantitative estimate of drug-likeness (QED) is 0.825. The standard InChI is InChI=1S/C11H10Cl2F3NO/c12-3-1-2-10(18)17-9-5-7(11(14,15)16)4-8(13)6-9/h4-6H,1-3H2,(H,17,18). The van der Waals surface area contributed by atoms with Crippen LogP contribution in [0.5, 0.6) is 0 Å². The zero-order valence-corrected chi connectivity index (χ0v) is 10.7.